The Kier molecular flexibility index (Phi) is 4.75. The molecule has 3 aromatic rings. The van der Waals surface area contributed by atoms with Gasteiger partial charge in [-0.2, -0.15) is 0 Å². The highest BCUT2D eigenvalue weighted by molar-refractivity contribution is 7.94. The van der Waals surface area contributed by atoms with Gasteiger partial charge in [0.1, 0.15) is 10.0 Å². The second kappa shape index (κ2) is 6.80. The minimum Gasteiger partial charge on any atom is -0.340 e. The minimum absolute atomic E-state index is 0.263. The van der Waals surface area contributed by atoms with Crippen molar-refractivity contribution in [1.29, 1.82) is 0 Å². The van der Waals surface area contributed by atoms with Crippen molar-refractivity contribution in [3.63, 3.8) is 0 Å². The maximum atomic E-state index is 12.2. The van der Waals surface area contributed by atoms with Crippen LogP contribution in [0.15, 0.2) is 58.3 Å². The Morgan fingerprint density at radius 3 is 2.62 bits per heavy atom. The quantitative estimate of drug-likeness (QED) is 0.676. The molecule has 0 aliphatic heterocycles. The number of nitrogens with zero attached hydrogens (tertiary/aromatic N) is 1. The lowest BCUT2D eigenvalue weighted by Gasteiger charge is -2.11. The number of pyridine rings is 1. The second-order valence-electron chi connectivity index (χ2n) is 5.01. The van der Waals surface area contributed by atoms with Crippen molar-refractivity contribution >= 4 is 50.2 Å². The van der Waals surface area contributed by atoms with Gasteiger partial charge in [0, 0.05) is 10.7 Å². The van der Waals surface area contributed by atoms with Crippen LogP contribution in [-0.4, -0.2) is 13.4 Å². The summed E-state index contributed by atoms with van der Waals surface area (Å²) in [4.78, 5) is 4.23. The number of nitrogens with one attached hydrogen (secondary N) is 2. The fourth-order valence-corrected chi connectivity index (χ4v) is 4.24. The molecular weight excluding hydrogens is 366 g/mol. The fourth-order valence-electron chi connectivity index (χ4n) is 2.03. The molecule has 0 fully saturated rings. The van der Waals surface area contributed by atoms with Crippen LogP contribution in [0.3, 0.4) is 0 Å². The molecule has 0 radical (unpaired) electrons. The average molecular weight is 380 g/mol. The largest absolute Gasteiger partial charge is 0.340 e. The molecule has 8 heteroatoms. The Balaban J connectivity index is 1.75. The Bertz CT molecular complexity index is 940. The first kappa shape index (κ1) is 16.8. The van der Waals surface area contributed by atoms with E-state index in [2.05, 4.69) is 15.0 Å². The van der Waals surface area contributed by atoms with Crippen molar-refractivity contribution in [2.45, 2.75) is 11.1 Å². The Morgan fingerprint density at radius 2 is 1.96 bits per heavy atom. The van der Waals surface area contributed by atoms with Crippen LogP contribution >= 0.6 is 22.9 Å². The van der Waals surface area contributed by atoms with E-state index in [0.29, 0.717) is 16.5 Å². The number of aromatic nitrogens is 1. The smallest absolute Gasteiger partial charge is 0.271 e. The predicted octanol–water partition coefficient (Wildman–Crippen LogP) is 4.65. The van der Waals surface area contributed by atoms with Crippen LogP contribution in [0.1, 0.15) is 5.56 Å². The highest BCUT2D eigenvalue weighted by Crippen LogP contribution is 2.26. The zero-order valence-corrected chi connectivity index (χ0v) is 15.0. The SMILES string of the molecule is Cc1c(Cl)cccc1Nc1ccc(NS(=O)(=O)c2cccs2)cn1. The van der Waals surface area contributed by atoms with Crippen LogP contribution < -0.4 is 10.0 Å². The summed E-state index contributed by atoms with van der Waals surface area (Å²) in [7, 11) is -3.56. The monoisotopic (exact) mass is 379 g/mol. The standard InChI is InChI=1S/C16H14ClN3O2S2/c1-11-13(17)4-2-5-14(11)19-15-8-7-12(10-18-15)20-24(21,22)16-6-3-9-23-16/h2-10,20H,1H3,(H,18,19). The van der Waals surface area contributed by atoms with Crippen LogP contribution in [0, 0.1) is 6.92 Å². The van der Waals surface area contributed by atoms with E-state index in [1.807, 2.05) is 25.1 Å². The van der Waals surface area contributed by atoms with Crippen LogP contribution in [-0.2, 0) is 10.0 Å². The van der Waals surface area contributed by atoms with Crippen molar-refractivity contribution in [1.82, 2.24) is 4.98 Å². The van der Waals surface area contributed by atoms with Gasteiger partial charge in [0.2, 0.25) is 0 Å². The lowest BCUT2D eigenvalue weighted by atomic mass is 10.2. The van der Waals surface area contributed by atoms with Crippen LogP contribution in [0.25, 0.3) is 0 Å². The Hall–Kier alpha value is -2.09. The first-order chi connectivity index (χ1) is 11.5. The van der Waals surface area contributed by atoms with E-state index >= 15 is 0 Å². The molecule has 0 aliphatic rings. The predicted molar refractivity (Wildman–Crippen MR) is 98.8 cm³/mol. The van der Waals surface area contributed by atoms with Crippen LogP contribution in [0.5, 0.6) is 0 Å². The lowest BCUT2D eigenvalue weighted by molar-refractivity contribution is 0.603. The van der Waals surface area contributed by atoms with Gasteiger partial charge in [-0.15, -0.1) is 11.3 Å². The van der Waals surface area contributed by atoms with Gasteiger partial charge in [-0.3, -0.25) is 4.72 Å². The summed E-state index contributed by atoms with van der Waals surface area (Å²) < 4.78 is 27.1. The summed E-state index contributed by atoms with van der Waals surface area (Å²) in [5.41, 5.74) is 2.17. The average Bonchev–Trinajstić information content (AvgIpc) is 3.09. The molecule has 2 N–H and O–H groups in total. The molecule has 0 saturated heterocycles. The summed E-state index contributed by atoms with van der Waals surface area (Å²) >= 11 is 7.25. The van der Waals surface area contributed by atoms with Crippen molar-refractivity contribution in [3.8, 4) is 0 Å². The number of hydrogen-bond acceptors (Lipinski definition) is 5. The van der Waals surface area contributed by atoms with Gasteiger partial charge in [0.05, 0.1) is 11.9 Å². The summed E-state index contributed by atoms with van der Waals surface area (Å²) in [5.74, 6) is 0.597. The molecule has 2 aromatic heterocycles. The van der Waals surface area contributed by atoms with E-state index < -0.39 is 10.0 Å². The third-order valence-corrected chi connectivity index (χ3v) is 6.49. The summed E-state index contributed by atoms with van der Waals surface area (Å²) in [6.07, 6.45) is 1.47. The van der Waals surface area contributed by atoms with Gasteiger partial charge in [-0.05, 0) is 48.2 Å². The van der Waals surface area contributed by atoms with Crippen LogP contribution in [0.4, 0.5) is 17.2 Å². The molecular formula is C16H14ClN3O2S2. The van der Waals surface area contributed by atoms with Gasteiger partial charge < -0.3 is 5.32 Å². The number of hydrogen-bond donors (Lipinski definition) is 2. The third kappa shape index (κ3) is 3.69. The fraction of sp³-hybridized carbons (Fsp3) is 0.0625. The zero-order valence-electron chi connectivity index (χ0n) is 12.7. The molecule has 0 unspecified atom stereocenters. The Labute approximate surface area is 149 Å². The van der Waals surface area contributed by atoms with E-state index in [4.69, 9.17) is 11.6 Å². The van der Waals surface area contributed by atoms with Crippen LogP contribution in [0.2, 0.25) is 5.02 Å². The van der Waals surface area contributed by atoms with Crippen molar-refractivity contribution in [2.24, 2.45) is 0 Å². The molecule has 0 spiro atoms. The lowest BCUT2D eigenvalue weighted by Crippen LogP contribution is -2.11. The number of sulfonamides is 1. The summed E-state index contributed by atoms with van der Waals surface area (Å²) in [6, 6.07) is 12.2. The molecule has 2 heterocycles. The second-order valence-corrected chi connectivity index (χ2v) is 8.27. The number of anilines is 3. The summed E-state index contributed by atoms with van der Waals surface area (Å²) in [5, 5.41) is 5.54. The number of thiophene rings is 1. The third-order valence-electron chi connectivity index (χ3n) is 3.31. The van der Waals surface area contributed by atoms with Gasteiger partial charge in [0.15, 0.2) is 0 Å². The molecule has 0 atom stereocenters. The molecule has 3 rings (SSSR count). The highest BCUT2D eigenvalue weighted by Gasteiger charge is 2.15. The van der Waals surface area contributed by atoms with E-state index in [-0.39, 0.29) is 4.21 Å². The van der Waals surface area contributed by atoms with Crippen molar-refractivity contribution in [2.75, 3.05) is 10.0 Å². The topological polar surface area (TPSA) is 71.1 Å². The normalized spacial score (nSPS) is 11.2. The molecule has 1 aromatic carbocycles. The van der Waals surface area contributed by atoms with Gasteiger partial charge in [-0.1, -0.05) is 23.7 Å². The van der Waals surface area contributed by atoms with Gasteiger partial charge in [-0.25, -0.2) is 13.4 Å². The van der Waals surface area contributed by atoms with E-state index in [9.17, 15) is 8.42 Å². The zero-order chi connectivity index (χ0) is 17.2. The molecule has 0 aliphatic carbocycles. The molecule has 124 valence electrons. The molecule has 0 amide bonds. The first-order valence-electron chi connectivity index (χ1n) is 7.00. The maximum absolute atomic E-state index is 12.2. The van der Waals surface area contributed by atoms with Gasteiger partial charge >= 0.3 is 0 Å². The van der Waals surface area contributed by atoms with Crippen molar-refractivity contribution < 1.29 is 8.42 Å². The Morgan fingerprint density at radius 1 is 1.12 bits per heavy atom. The number of halogens is 1. The van der Waals surface area contributed by atoms with Gasteiger partial charge in [0.25, 0.3) is 10.0 Å². The number of rotatable bonds is 5. The van der Waals surface area contributed by atoms with E-state index in [0.717, 1.165) is 22.6 Å². The molecule has 0 saturated carbocycles. The minimum atomic E-state index is -3.56. The molecule has 0 bridgehead atoms. The van der Waals surface area contributed by atoms with E-state index in [1.165, 1.54) is 6.20 Å². The molecule has 24 heavy (non-hydrogen) atoms. The highest BCUT2D eigenvalue weighted by atomic mass is 35.5. The van der Waals surface area contributed by atoms with E-state index in [1.54, 1.807) is 29.6 Å². The number of benzene rings is 1. The summed E-state index contributed by atoms with van der Waals surface area (Å²) in [6.45, 7) is 1.91. The molecule has 5 nitrogen and oxygen atoms in total. The van der Waals surface area contributed by atoms with Crippen molar-refractivity contribution in [3.05, 3.63) is 64.6 Å². The maximum Gasteiger partial charge on any atom is 0.271 e. The first-order valence-corrected chi connectivity index (χ1v) is 9.74.